The number of benzene rings is 1. The molecule has 0 aliphatic carbocycles. The molecule has 0 amide bonds. The molecule has 0 aromatic heterocycles. The predicted octanol–water partition coefficient (Wildman–Crippen LogP) is 3.32. The van der Waals surface area contributed by atoms with E-state index >= 15 is 0 Å². The van der Waals surface area contributed by atoms with E-state index in [9.17, 15) is 13.2 Å². The van der Waals surface area contributed by atoms with E-state index in [0.29, 0.717) is 25.1 Å². The number of anilines is 1. The molecule has 0 bridgehead atoms. The molecule has 1 saturated heterocycles. The maximum Gasteiger partial charge on any atom is 0.161 e. The number of nitrogens with one attached hydrogen (secondary N) is 1. The normalized spacial score (nSPS) is 19.7. The summed E-state index contributed by atoms with van der Waals surface area (Å²) < 4.78 is 39.9. The van der Waals surface area contributed by atoms with Crippen molar-refractivity contribution in [3.05, 3.63) is 29.6 Å². The van der Waals surface area contributed by atoms with Gasteiger partial charge in [-0.05, 0) is 33.1 Å². The fourth-order valence-corrected chi connectivity index (χ4v) is 2.42. The Morgan fingerprint density at radius 2 is 1.80 bits per heavy atom. The minimum absolute atomic E-state index is 0.0423. The molecule has 2 rings (SSSR count). The van der Waals surface area contributed by atoms with E-state index in [1.807, 2.05) is 0 Å². The molecule has 5 heteroatoms. The van der Waals surface area contributed by atoms with Crippen molar-refractivity contribution in [3.8, 4) is 0 Å². The third-order valence-corrected chi connectivity index (χ3v) is 3.54. The Bertz CT molecular complexity index is 483. The summed E-state index contributed by atoms with van der Waals surface area (Å²) in [5, 5.41) is 3.42. The molecule has 1 aromatic rings. The molecular weight excluding hydrogens is 265 g/mol. The second-order valence-corrected chi connectivity index (χ2v) is 6.45. The van der Waals surface area contributed by atoms with Gasteiger partial charge in [0.15, 0.2) is 11.6 Å². The molecule has 1 aliphatic rings. The van der Waals surface area contributed by atoms with Gasteiger partial charge in [-0.25, -0.2) is 13.2 Å². The molecule has 2 nitrogen and oxygen atoms in total. The third-order valence-electron chi connectivity index (χ3n) is 3.54. The third kappa shape index (κ3) is 3.66. The van der Waals surface area contributed by atoms with Crippen molar-refractivity contribution >= 4 is 5.69 Å². The zero-order valence-electron chi connectivity index (χ0n) is 12.1. The van der Waals surface area contributed by atoms with Gasteiger partial charge in [-0.3, -0.25) is 0 Å². The van der Waals surface area contributed by atoms with Crippen LogP contribution in [-0.2, 0) is 0 Å². The summed E-state index contributed by atoms with van der Waals surface area (Å²) in [5.74, 6) is -2.45. The van der Waals surface area contributed by atoms with Crippen molar-refractivity contribution in [1.82, 2.24) is 5.32 Å². The van der Waals surface area contributed by atoms with Crippen LogP contribution < -0.4 is 10.2 Å². The summed E-state index contributed by atoms with van der Waals surface area (Å²) in [7, 11) is 0. The van der Waals surface area contributed by atoms with Gasteiger partial charge in [0.2, 0.25) is 0 Å². The Hall–Kier alpha value is -1.23. The smallest absolute Gasteiger partial charge is 0.161 e. The lowest BCUT2D eigenvalue weighted by Gasteiger charge is -2.24. The Morgan fingerprint density at radius 3 is 2.45 bits per heavy atom. The minimum atomic E-state index is -1.14. The van der Waals surface area contributed by atoms with Gasteiger partial charge in [-0.1, -0.05) is 0 Å². The molecule has 0 radical (unpaired) electrons. The summed E-state index contributed by atoms with van der Waals surface area (Å²) in [4.78, 5) is 1.78. The number of hydrogen-bond acceptors (Lipinski definition) is 2. The van der Waals surface area contributed by atoms with Crippen molar-refractivity contribution in [2.24, 2.45) is 5.92 Å². The lowest BCUT2D eigenvalue weighted by Crippen LogP contribution is -2.39. The van der Waals surface area contributed by atoms with E-state index in [4.69, 9.17) is 0 Å². The van der Waals surface area contributed by atoms with Gasteiger partial charge >= 0.3 is 0 Å². The SMILES string of the molecule is CC(C)(C)NCC1CCN(c2cc(F)c(F)cc2F)C1. The molecule has 1 heterocycles. The first kappa shape index (κ1) is 15.2. The fraction of sp³-hybridized carbons (Fsp3) is 0.600. The van der Waals surface area contributed by atoms with E-state index in [2.05, 4.69) is 26.1 Å². The van der Waals surface area contributed by atoms with Crippen molar-refractivity contribution in [3.63, 3.8) is 0 Å². The maximum atomic E-state index is 13.7. The zero-order chi connectivity index (χ0) is 14.9. The van der Waals surface area contributed by atoms with Crippen molar-refractivity contribution in [2.75, 3.05) is 24.5 Å². The molecule has 1 atom stereocenters. The lowest BCUT2D eigenvalue weighted by molar-refractivity contribution is 0.383. The standard InChI is InChI=1S/C15H21F3N2/c1-15(2,3)19-8-10-4-5-20(9-10)14-7-12(17)11(16)6-13(14)18/h6-7,10,19H,4-5,8-9H2,1-3H3. The number of nitrogens with zero attached hydrogens (tertiary/aromatic N) is 1. The number of halogens is 3. The summed E-state index contributed by atoms with van der Waals surface area (Å²) in [6, 6.07) is 1.57. The predicted molar refractivity (Wildman–Crippen MR) is 74.4 cm³/mol. The monoisotopic (exact) mass is 286 g/mol. The van der Waals surface area contributed by atoms with E-state index < -0.39 is 17.5 Å². The fourth-order valence-electron chi connectivity index (χ4n) is 2.42. The molecular formula is C15H21F3N2. The maximum absolute atomic E-state index is 13.7. The van der Waals surface area contributed by atoms with Crippen molar-refractivity contribution in [1.29, 1.82) is 0 Å². The Kier molecular flexibility index (Phi) is 4.28. The molecule has 1 aliphatic heterocycles. The van der Waals surface area contributed by atoms with Crippen LogP contribution in [0.25, 0.3) is 0 Å². The van der Waals surface area contributed by atoms with Crippen LogP contribution in [0.2, 0.25) is 0 Å². The first-order valence-electron chi connectivity index (χ1n) is 6.91. The molecule has 1 unspecified atom stereocenters. The molecule has 1 fully saturated rings. The van der Waals surface area contributed by atoms with Crippen molar-refractivity contribution < 1.29 is 13.2 Å². The van der Waals surface area contributed by atoms with E-state index in [1.165, 1.54) is 0 Å². The first-order valence-corrected chi connectivity index (χ1v) is 6.91. The van der Waals surface area contributed by atoms with Crippen LogP contribution in [0.5, 0.6) is 0 Å². The highest BCUT2D eigenvalue weighted by molar-refractivity contribution is 5.49. The molecule has 0 saturated carbocycles. The van der Waals surface area contributed by atoms with E-state index in [1.54, 1.807) is 4.90 Å². The highest BCUT2D eigenvalue weighted by atomic mass is 19.2. The van der Waals surface area contributed by atoms with Crippen LogP contribution in [0.1, 0.15) is 27.2 Å². The van der Waals surface area contributed by atoms with Crippen LogP contribution >= 0.6 is 0 Å². The topological polar surface area (TPSA) is 15.3 Å². The Morgan fingerprint density at radius 1 is 1.15 bits per heavy atom. The molecule has 20 heavy (non-hydrogen) atoms. The van der Waals surface area contributed by atoms with Gasteiger partial charge in [-0.2, -0.15) is 0 Å². The van der Waals surface area contributed by atoms with E-state index in [0.717, 1.165) is 19.0 Å². The zero-order valence-corrected chi connectivity index (χ0v) is 12.1. The average Bonchev–Trinajstić information content (AvgIpc) is 2.79. The lowest BCUT2D eigenvalue weighted by atomic mass is 10.1. The van der Waals surface area contributed by atoms with Gasteiger partial charge < -0.3 is 10.2 Å². The highest BCUT2D eigenvalue weighted by Crippen LogP contribution is 2.28. The second kappa shape index (κ2) is 5.64. The highest BCUT2D eigenvalue weighted by Gasteiger charge is 2.26. The molecule has 112 valence electrons. The number of rotatable bonds is 3. The quantitative estimate of drug-likeness (QED) is 0.858. The Balaban J connectivity index is 2.01. The van der Waals surface area contributed by atoms with Crippen molar-refractivity contribution in [2.45, 2.75) is 32.7 Å². The van der Waals surface area contributed by atoms with Crippen LogP contribution in [0.15, 0.2) is 12.1 Å². The first-order chi connectivity index (χ1) is 9.26. The van der Waals surface area contributed by atoms with Gasteiger partial charge in [0.05, 0.1) is 5.69 Å². The van der Waals surface area contributed by atoms with Crippen LogP contribution in [-0.4, -0.2) is 25.2 Å². The van der Waals surface area contributed by atoms with Gasteiger partial charge in [0, 0.05) is 37.3 Å². The number of hydrogen-bond donors (Lipinski definition) is 1. The summed E-state index contributed by atoms with van der Waals surface area (Å²) >= 11 is 0. The summed E-state index contributed by atoms with van der Waals surface area (Å²) in [6.45, 7) is 8.44. The van der Waals surface area contributed by atoms with Crippen LogP contribution in [0, 0.1) is 23.4 Å². The molecule has 0 spiro atoms. The average molecular weight is 286 g/mol. The minimum Gasteiger partial charge on any atom is -0.369 e. The van der Waals surface area contributed by atoms with Crippen LogP contribution in [0.4, 0.5) is 18.9 Å². The molecule has 1 N–H and O–H groups in total. The summed E-state index contributed by atoms with van der Waals surface area (Å²) in [6.07, 6.45) is 0.918. The largest absolute Gasteiger partial charge is 0.369 e. The van der Waals surface area contributed by atoms with Crippen LogP contribution in [0.3, 0.4) is 0 Å². The molecule has 1 aromatic carbocycles. The second-order valence-electron chi connectivity index (χ2n) is 6.45. The van der Waals surface area contributed by atoms with Gasteiger partial charge in [0.25, 0.3) is 0 Å². The van der Waals surface area contributed by atoms with Gasteiger partial charge in [-0.15, -0.1) is 0 Å². The van der Waals surface area contributed by atoms with Gasteiger partial charge in [0.1, 0.15) is 5.82 Å². The summed E-state index contributed by atoms with van der Waals surface area (Å²) in [5.41, 5.74) is 0.197. The van der Waals surface area contributed by atoms with E-state index in [-0.39, 0.29) is 11.2 Å². The Labute approximate surface area is 118 Å².